The standard InChI is InChI=1S/C14H28N4O2/c1-5-17(6-2)8-7-15-14(20)16-12-9-13(19)18(10-12)11(3)4/h11-12H,5-10H2,1-4H3,(H2,15,16,20). The second-order valence-electron chi connectivity index (χ2n) is 5.47. The van der Waals surface area contributed by atoms with Gasteiger partial charge in [0.05, 0.1) is 6.04 Å². The van der Waals surface area contributed by atoms with Gasteiger partial charge in [0.25, 0.3) is 0 Å². The molecule has 1 fully saturated rings. The number of carbonyl (C=O) groups is 2. The van der Waals surface area contributed by atoms with Crippen LogP contribution < -0.4 is 10.6 Å². The number of carbonyl (C=O) groups excluding carboxylic acids is 2. The molecule has 1 saturated heterocycles. The van der Waals surface area contributed by atoms with Crippen LogP contribution in [0.4, 0.5) is 4.79 Å². The summed E-state index contributed by atoms with van der Waals surface area (Å²) in [4.78, 5) is 27.6. The predicted octanol–water partition coefficient (Wildman–Crippen LogP) is 0.637. The van der Waals surface area contributed by atoms with Crippen LogP contribution in [0.25, 0.3) is 0 Å². The number of likely N-dealkylation sites (tertiary alicyclic amines) is 1. The minimum Gasteiger partial charge on any atom is -0.338 e. The van der Waals surface area contributed by atoms with E-state index in [0.717, 1.165) is 19.6 Å². The Morgan fingerprint density at radius 1 is 1.40 bits per heavy atom. The normalized spacial score (nSPS) is 19.0. The van der Waals surface area contributed by atoms with Gasteiger partial charge in [-0.15, -0.1) is 0 Å². The lowest BCUT2D eigenvalue weighted by atomic mass is 10.2. The molecule has 0 bridgehead atoms. The third-order valence-corrected chi connectivity index (χ3v) is 3.73. The van der Waals surface area contributed by atoms with E-state index in [-0.39, 0.29) is 24.0 Å². The van der Waals surface area contributed by atoms with E-state index >= 15 is 0 Å². The van der Waals surface area contributed by atoms with E-state index in [1.165, 1.54) is 0 Å². The molecule has 1 unspecified atom stereocenters. The van der Waals surface area contributed by atoms with Crippen molar-refractivity contribution in [3.8, 4) is 0 Å². The third-order valence-electron chi connectivity index (χ3n) is 3.73. The number of nitrogens with one attached hydrogen (secondary N) is 2. The van der Waals surface area contributed by atoms with Gasteiger partial charge in [0.1, 0.15) is 0 Å². The fourth-order valence-corrected chi connectivity index (χ4v) is 2.43. The summed E-state index contributed by atoms with van der Waals surface area (Å²) >= 11 is 0. The Bertz CT molecular complexity index is 329. The molecule has 116 valence electrons. The molecule has 0 spiro atoms. The Kier molecular flexibility index (Phi) is 6.78. The van der Waals surface area contributed by atoms with E-state index in [1.807, 2.05) is 13.8 Å². The van der Waals surface area contributed by atoms with Gasteiger partial charge in [-0.3, -0.25) is 4.79 Å². The van der Waals surface area contributed by atoms with Gasteiger partial charge in [-0.25, -0.2) is 4.79 Å². The van der Waals surface area contributed by atoms with Gasteiger partial charge in [-0.05, 0) is 26.9 Å². The van der Waals surface area contributed by atoms with E-state index in [0.29, 0.717) is 19.5 Å². The van der Waals surface area contributed by atoms with E-state index in [1.54, 1.807) is 4.90 Å². The smallest absolute Gasteiger partial charge is 0.315 e. The van der Waals surface area contributed by atoms with Gasteiger partial charge in [-0.1, -0.05) is 13.8 Å². The average molecular weight is 284 g/mol. The van der Waals surface area contributed by atoms with Crippen molar-refractivity contribution in [3.05, 3.63) is 0 Å². The predicted molar refractivity (Wildman–Crippen MR) is 79.6 cm³/mol. The maximum atomic E-state index is 11.8. The Labute approximate surface area is 121 Å². The van der Waals surface area contributed by atoms with E-state index in [9.17, 15) is 9.59 Å². The summed E-state index contributed by atoms with van der Waals surface area (Å²) in [5.74, 6) is 0.119. The maximum Gasteiger partial charge on any atom is 0.315 e. The minimum atomic E-state index is -0.180. The van der Waals surface area contributed by atoms with Crippen molar-refractivity contribution in [2.24, 2.45) is 0 Å². The average Bonchev–Trinajstić information content (AvgIpc) is 2.75. The van der Waals surface area contributed by atoms with Crippen molar-refractivity contribution in [1.29, 1.82) is 0 Å². The van der Waals surface area contributed by atoms with Crippen LogP contribution >= 0.6 is 0 Å². The highest BCUT2D eigenvalue weighted by Gasteiger charge is 2.31. The lowest BCUT2D eigenvalue weighted by molar-refractivity contribution is -0.129. The first-order valence-corrected chi connectivity index (χ1v) is 7.54. The molecule has 0 aromatic heterocycles. The summed E-state index contributed by atoms with van der Waals surface area (Å²) in [6, 6.07) is -0.0565. The fraction of sp³-hybridized carbons (Fsp3) is 0.857. The second kappa shape index (κ2) is 8.09. The molecule has 6 nitrogen and oxygen atoms in total. The van der Waals surface area contributed by atoms with Gasteiger partial charge in [0.15, 0.2) is 0 Å². The van der Waals surface area contributed by atoms with E-state index in [2.05, 4.69) is 29.4 Å². The number of amides is 3. The molecule has 0 aromatic rings. The van der Waals surface area contributed by atoms with Crippen LogP contribution in [0.3, 0.4) is 0 Å². The Morgan fingerprint density at radius 2 is 2.05 bits per heavy atom. The maximum absolute atomic E-state index is 11.8. The molecule has 20 heavy (non-hydrogen) atoms. The second-order valence-corrected chi connectivity index (χ2v) is 5.47. The van der Waals surface area contributed by atoms with Crippen LogP contribution in [0, 0.1) is 0 Å². The summed E-state index contributed by atoms with van der Waals surface area (Å²) in [7, 11) is 0. The molecule has 0 aliphatic carbocycles. The molecule has 1 rings (SSSR count). The number of rotatable bonds is 7. The summed E-state index contributed by atoms with van der Waals surface area (Å²) < 4.78 is 0. The van der Waals surface area contributed by atoms with Crippen molar-refractivity contribution in [1.82, 2.24) is 20.4 Å². The lowest BCUT2D eigenvalue weighted by Gasteiger charge is -2.21. The Hall–Kier alpha value is -1.30. The number of urea groups is 1. The SMILES string of the molecule is CCN(CC)CCNC(=O)NC1CC(=O)N(C(C)C)C1. The largest absolute Gasteiger partial charge is 0.338 e. The highest BCUT2D eigenvalue weighted by molar-refractivity contribution is 5.81. The Balaban J connectivity index is 2.25. The van der Waals surface area contributed by atoms with Crippen molar-refractivity contribution in [2.45, 2.75) is 46.2 Å². The molecule has 0 saturated carbocycles. The molecule has 0 radical (unpaired) electrons. The van der Waals surface area contributed by atoms with Gasteiger partial charge >= 0.3 is 6.03 Å². The van der Waals surface area contributed by atoms with Crippen LogP contribution in [-0.2, 0) is 4.79 Å². The number of hydrogen-bond acceptors (Lipinski definition) is 3. The molecule has 1 aliphatic heterocycles. The zero-order chi connectivity index (χ0) is 15.1. The number of hydrogen-bond donors (Lipinski definition) is 2. The summed E-state index contributed by atoms with van der Waals surface area (Å²) in [6.07, 6.45) is 0.404. The molecule has 1 atom stereocenters. The van der Waals surface area contributed by atoms with Crippen molar-refractivity contribution < 1.29 is 9.59 Å². The number of nitrogens with zero attached hydrogens (tertiary/aromatic N) is 2. The van der Waals surface area contributed by atoms with Gasteiger partial charge < -0.3 is 20.4 Å². The van der Waals surface area contributed by atoms with Crippen LogP contribution in [0.5, 0.6) is 0 Å². The Morgan fingerprint density at radius 3 is 2.55 bits per heavy atom. The van der Waals surface area contributed by atoms with Crippen LogP contribution in [0.15, 0.2) is 0 Å². The third kappa shape index (κ3) is 5.00. The van der Waals surface area contributed by atoms with E-state index in [4.69, 9.17) is 0 Å². The van der Waals surface area contributed by atoms with Gasteiger partial charge in [-0.2, -0.15) is 0 Å². The zero-order valence-electron chi connectivity index (χ0n) is 13.1. The quantitative estimate of drug-likeness (QED) is 0.721. The summed E-state index contributed by atoms with van der Waals surface area (Å²) in [6.45, 7) is 12.3. The molecule has 1 heterocycles. The minimum absolute atomic E-state index is 0.0710. The van der Waals surface area contributed by atoms with Crippen molar-refractivity contribution in [2.75, 3.05) is 32.7 Å². The van der Waals surface area contributed by atoms with Gasteiger partial charge in [0, 0.05) is 32.1 Å². The highest BCUT2D eigenvalue weighted by Crippen LogP contribution is 2.13. The summed E-state index contributed by atoms with van der Waals surface area (Å²) in [5, 5.41) is 5.72. The zero-order valence-corrected chi connectivity index (χ0v) is 13.1. The van der Waals surface area contributed by atoms with Crippen molar-refractivity contribution in [3.63, 3.8) is 0 Å². The first-order chi connectivity index (χ1) is 9.47. The van der Waals surface area contributed by atoms with Crippen LogP contribution in [0.1, 0.15) is 34.1 Å². The molecule has 3 amide bonds. The summed E-state index contributed by atoms with van der Waals surface area (Å²) in [5.41, 5.74) is 0. The number of likely N-dealkylation sites (N-methyl/N-ethyl adjacent to an activating group) is 1. The van der Waals surface area contributed by atoms with Crippen LogP contribution in [0.2, 0.25) is 0 Å². The van der Waals surface area contributed by atoms with Gasteiger partial charge in [0.2, 0.25) is 5.91 Å². The molecule has 2 N–H and O–H groups in total. The van der Waals surface area contributed by atoms with Crippen LogP contribution in [-0.4, -0.2) is 66.5 Å². The first kappa shape index (κ1) is 16.8. The lowest BCUT2D eigenvalue weighted by Crippen LogP contribution is -2.45. The monoisotopic (exact) mass is 284 g/mol. The van der Waals surface area contributed by atoms with Crippen molar-refractivity contribution >= 4 is 11.9 Å². The molecule has 1 aliphatic rings. The topological polar surface area (TPSA) is 64.7 Å². The highest BCUT2D eigenvalue weighted by atomic mass is 16.2. The molecular formula is C14H28N4O2. The molecular weight excluding hydrogens is 256 g/mol. The first-order valence-electron chi connectivity index (χ1n) is 7.54. The molecule has 6 heteroatoms. The van der Waals surface area contributed by atoms with E-state index < -0.39 is 0 Å². The molecule has 0 aromatic carbocycles. The fourth-order valence-electron chi connectivity index (χ4n) is 2.43.